The van der Waals surface area contributed by atoms with Gasteiger partial charge in [0.2, 0.25) is 15.9 Å². The van der Waals surface area contributed by atoms with Crippen LogP contribution in [0.2, 0.25) is 0 Å². The Balaban J connectivity index is 1.37. The fourth-order valence-electron chi connectivity index (χ4n) is 4.38. The number of halogens is 2. The van der Waals surface area contributed by atoms with Gasteiger partial charge in [-0.05, 0) is 55.7 Å². The number of rotatable bonds is 6. The number of aryl methyl sites for hydroxylation is 1. The number of hydrogen-bond acceptors (Lipinski definition) is 6. The maximum absolute atomic E-state index is 14.2. The van der Waals surface area contributed by atoms with Gasteiger partial charge in [-0.15, -0.1) is 0 Å². The summed E-state index contributed by atoms with van der Waals surface area (Å²) in [6.07, 6.45) is 2.07. The quantitative estimate of drug-likeness (QED) is 0.345. The average Bonchev–Trinajstić information content (AvgIpc) is 3.52. The van der Waals surface area contributed by atoms with E-state index in [1.165, 1.54) is 11.3 Å². The van der Waals surface area contributed by atoms with E-state index in [2.05, 4.69) is 0 Å². The minimum absolute atomic E-state index is 0.0447. The maximum atomic E-state index is 14.2. The molecule has 2 aromatic heterocycles. The van der Waals surface area contributed by atoms with Crippen molar-refractivity contribution in [1.82, 2.24) is 9.29 Å². The van der Waals surface area contributed by atoms with E-state index in [0.717, 1.165) is 32.2 Å². The second-order valence-electron chi connectivity index (χ2n) is 8.67. The number of carbonyl (C=O) groups excluding carboxylic acids is 1. The van der Waals surface area contributed by atoms with E-state index in [-0.39, 0.29) is 38.4 Å². The lowest BCUT2D eigenvalue weighted by molar-refractivity contribution is -0.123. The molecule has 7 nitrogen and oxygen atoms in total. The minimum atomic E-state index is -4.15. The summed E-state index contributed by atoms with van der Waals surface area (Å²) in [5, 5.41) is 0.545. The first kappa shape index (κ1) is 24.5. The van der Waals surface area contributed by atoms with Crippen LogP contribution in [-0.4, -0.2) is 36.7 Å². The predicted octanol–water partition coefficient (Wildman–Crippen LogP) is 5.11. The van der Waals surface area contributed by atoms with E-state index in [0.29, 0.717) is 17.0 Å². The number of nitrogens with zero attached hydrogens (tertiary/aromatic N) is 3. The van der Waals surface area contributed by atoms with Crippen LogP contribution in [0.5, 0.6) is 0 Å². The van der Waals surface area contributed by atoms with Gasteiger partial charge in [0, 0.05) is 25.1 Å². The van der Waals surface area contributed by atoms with Gasteiger partial charge in [0.15, 0.2) is 5.13 Å². The van der Waals surface area contributed by atoms with Crippen LogP contribution in [-0.2, 0) is 21.4 Å². The second-order valence-corrected chi connectivity index (χ2v) is 11.6. The van der Waals surface area contributed by atoms with Crippen LogP contribution in [0.1, 0.15) is 24.2 Å². The number of piperidine rings is 1. The van der Waals surface area contributed by atoms with Crippen LogP contribution < -0.4 is 4.90 Å². The average molecular weight is 532 g/mol. The van der Waals surface area contributed by atoms with E-state index in [9.17, 15) is 22.0 Å². The van der Waals surface area contributed by atoms with Gasteiger partial charge in [-0.1, -0.05) is 23.5 Å². The largest absolute Gasteiger partial charge is 0.467 e. The zero-order chi connectivity index (χ0) is 25.4. The van der Waals surface area contributed by atoms with Crippen molar-refractivity contribution in [2.24, 2.45) is 5.92 Å². The Morgan fingerprint density at radius 2 is 1.94 bits per heavy atom. The van der Waals surface area contributed by atoms with E-state index in [1.54, 1.807) is 23.3 Å². The number of furan rings is 1. The van der Waals surface area contributed by atoms with Crippen molar-refractivity contribution >= 4 is 42.6 Å². The van der Waals surface area contributed by atoms with Crippen LogP contribution >= 0.6 is 11.3 Å². The predicted molar refractivity (Wildman–Crippen MR) is 132 cm³/mol. The Bertz CT molecular complexity index is 1510. The highest BCUT2D eigenvalue weighted by molar-refractivity contribution is 7.89. The van der Waals surface area contributed by atoms with Crippen LogP contribution in [0.3, 0.4) is 0 Å². The molecule has 0 saturated carbocycles. The number of fused-ring (bicyclic) bond motifs is 1. The molecule has 188 valence electrons. The van der Waals surface area contributed by atoms with Crippen LogP contribution in [0.4, 0.5) is 13.9 Å². The lowest BCUT2D eigenvalue weighted by Gasteiger charge is -2.32. The number of aromatic nitrogens is 1. The number of carbonyl (C=O) groups is 1. The summed E-state index contributed by atoms with van der Waals surface area (Å²) in [4.78, 5) is 19.4. The monoisotopic (exact) mass is 531 g/mol. The van der Waals surface area contributed by atoms with Gasteiger partial charge < -0.3 is 4.42 Å². The van der Waals surface area contributed by atoms with Gasteiger partial charge in [-0.2, -0.15) is 4.31 Å². The first-order valence-electron chi connectivity index (χ1n) is 11.4. The molecule has 0 N–H and O–H groups in total. The fourth-order valence-corrected chi connectivity index (χ4v) is 6.94. The van der Waals surface area contributed by atoms with Crippen LogP contribution in [0.15, 0.2) is 64.1 Å². The lowest BCUT2D eigenvalue weighted by Crippen LogP contribution is -2.44. The van der Waals surface area contributed by atoms with Gasteiger partial charge in [0.25, 0.3) is 0 Å². The molecule has 1 amide bonds. The third kappa shape index (κ3) is 4.65. The molecule has 0 spiro atoms. The summed E-state index contributed by atoms with van der Waals surface area (Å²) in [7, 11) is -4.15. The number of sulfonamides is 1. The summed E-state index contributed by atoms with van der Waals surface area (Å²) < 4.78 is 60.9. The number of amides is 1. The molecule has 0 bridgehead atoms. The van der Waals surface area contributed by atoms with Gasteiger partial charge in [0.1, 0.15) is 22.3 Å². The molecule has 0 radical (unpaired) electrons. The summed E-state index contributed by atoms with van der Waals surface area (Å²) in [6.45, 7) is 2.25. The molecule has 1 aliphatic rings. The SMILES string of the molecule is Cc1cccc2sc(N(Cc3ccco3)C(=O)C3CCN(S(=O)(=O)c4ccc(F)cc4F)CC3)nc12. The van der Waals surface area contributed by atoms with Crippen molar-refractivity contribution in [3.63, 3.8) is 0 Å². The molecule has 1 saturated heterocycles. The van der Waals surface area contributed by atoms with Crippen molar-refractivity contribution in [3.8, 4) is 0 Å². The molecular weight excluding hydrogens is 508 g/mol. The van der Waals surface area contributed by atoms with Gasteiger partial charge in [0.05, 0.1) is 23.0 Å². The highest BCUT2D eigenvalue weighted by Gasteiger charge is 2.36. The van der Waals surface area contributed by atoms with E-state index in [1.807, 2.05) is 25.1 Å². The standard InChI is InChI=1S/C25H23F2N3O4S2/c1-16-4-2-6-21-23(16)28-25(35-21)30(15-19-5-3-13-34-19)24(31)17-9-11-29(12-10-17)36(32,33)22-8-7-18(26)14-20(22)27/h2-8,13-14,17H,9-12,15H2,1H3. The molecule has 0 atom stereocenters. The summed E-state index contributed by atoms with van der Waals surface area (Å²) in [6, 6.07) is 11.8. The molecule has 4 aromatic rings. The molecule has 5 rings (SSSR count). The van der Waals surface area contributed by atoms with Crippen molar-refractivity contribution in [2.75, 3.05) is 18.0 Å². The molecule has 0 unspecified atom stereocenters. The molecule has 3 heterocycles. The molecule has 2 aromatic carbocycles. The fraction of sp³-hybridized carbons (Fsp3) is 0.280. The first-order chi connectivity index (χ1) is 17.2. The Labute approximate surface area is 211 Å². The zero-order valence-electron chi connectivity index (χ0n) is 19.4. The highest BCUT2D eigenvalue weighted by Crippen LogP contribution is 2.34. The Hall–Kier alpha value is -3.15. The van der Waals surface area contributed by atoms with Gasteiger partial charge in [-0.25, -0.2) is 22.2 Å². The third-order valence-corrected chi connectivity index (χ3v) is 9.29. The Morgan fingerprint density at radius 1 is 1.17 bits per heavy atom. The third-order valence-electron chi connectivity index (χ3n) is 6.32. The topological polar surface area (TPSA) is 83.7 Å². The molecule has 1 aliphatic heterocycles. The number of anilines is 1. The van der Waals surface area contributed by atoms with Crippen molar-refractivity contribution in [1.29, 1.82) is 0 Å². The summed E-state index contributed by atoms with van der Waals surface area (Å²) in [5.41, 5.74) is 1.84. The normalized spacial score (nSPS) is 15.4. The van der Waals surface area contributed by atoms with Crippen molar-refractivity contribution in [3.05, 3.63) is 77.8 Å². The second kappa shape index (κ2) is 9.72. The lowest BCUT2D eigenvalue weighted by atomic mass is 9.96. The number of hydrogen-bond donors (Lipinski definition) is 0. The molecule has 1 fully saturated rings. The van der Waals surface area contributed by atoms with E-state index in [4.69, 9.17) is 9.40 Å². The maximum Gasteiger partial charge on any atom is 0.245 e. The molecule has 11 heteroatoms. The molecular formula is C25H23F2N3O4S2. The number of para-hydroxylation sites is 1. The van der Waals surface area contributed by atoms with Gasteiger partial charge in [-0.3, -0.25) is 9.69 Å². The van der Waals surface area contributed by atoms with Crippen molar-refractivity contribution in [2.45, 2.75) is 31.2 Å². The zero-order valence-corrected chi connectivity index (χ0v) is 21.0. The summed E-state index contributed by atoms with van der Waals surface area (Å²) >= 11 is 1.41. The van der Waals surface area contributed by atoms with E-state index < -0.39 is 32.5 Å². The summed E-state index contributed by atoms with van der Waals surface area (Å²) in [5.74, 6) is -2.00. The van der Waals surface area contributed by atoms with Gasteiger partial charge >= 0.3 is 0 Å². The van der Waals surface area contributed by atoms with Crippen LogP contribution in [0, 0.1) is 24.5 Å². The highest BCUT2D eigenvalue weighted by atomic mass is 32.2. The van der Waals surface area contributed by atoms with E-state index >= 15 is 0 Å². The smallest absolute Gasteiger partial charge is 0.245 e. The number of benzene rings is 2. The number of thiazole rings is 1. The first-order valence-corrected chi connectivity index (χ1v) is 13.6. The Kier molecular flexibility index (Phi) is 6.62. The minimum Gasteiger partial charge on any atom is -0.467 e. The molecule has 36 heavy (non-hydrogen) atoms. The molecule has 0 aliphatic carbocycles. The van der Waals surface area contributed by atoms with Crippen LogP contribution in [0.25, 0.3) is 10.2 Å². The van der Waals surface area contributed by atoms with Crippen molar-refractivity contribution < 1.29 is 26.4 Å². The Morgan fingerprint density at radius 3 is 2.61 bits per heavy atom.